The van der Waals surface area contributed by atoms with E-state index in [1.165, 1.54) is 19.3 Å². The highest BCUT2D eigenvalue weighted by Crippen LogP contribution is 2.37. The first kappa shape index (κ1) is 14.8. The van der Waals surface area contributed by atoms with Crippen LogP contribution in [0.3, 0.4) is 0 Å². The van der Waals surface area contributed by atoms with Crippen LogP contribution in [0.2, 0.25) is 0 Å². The molecule has 0 aromatic carbocycles. The Morgan fingerprint density at radius 2 is 2.05 bits per heavy atom. The highest BCUT2D eigenvalue weighted by Gasteiger charge is 2.45. The second-order valence-corrected chi connectivity index (χ2v) is 6.56. The summed E-state index contributed by atoms with van der Waals surface area (Å²) in [7, 11) is 0. The van der Waals surface area contributed by atoms with E-state index in [0.717, 1.165) is 31.8 Å². The molecule has 2 aliphatic carbocycles. The molecular formula is C15H29N3O. The lowest BCUT2D eigenvalue weighted by Crippen LogP contribution is -2.62. The van der Waals surface area contributed by atoms with Crippen molar-refractivity contribution in [3.05, 3.63) is 0 Å². The quantitative estimate of drug-likeness (QED) is 0.769. The summed E-state index contributed by atoms with van der Waals surface area (Å²) in [6.07, 6.45) is 6.72. The molecule has 2 aliphatic rings. The molecule has 2 atom stereocenters. The number of nitrogens with one attached hydrogen (secondary N) is 1. The van der Waals surface area contributed by atoms with Crippen LogP contribution in [0.1, 0.15) is 59.3 Å². The Labute approximate surface area is 117 Å². The average molecular weight is 267 g/mol. The third-order valence-electron chi connectivity index (χ3n) is 4.61. The number of amides is 1. The zero-order chi connectivity index (χ0) is 14.0. The summed E-state index contributed by atoms with van der Waals surface area (Å²) in [5.41, 5.74) is 5.24. The second kappa shape index (κ2) is 5.80. The van der Waals surface area contributed by atoms with Gasteiger partial charge in [-0.2, -0.15) is 0 Å². The van der Waals surface area contributed by atoms with Crippen molar-refractivity contribution in [1.82, 2.24) is 10.2 Å². The van der Waals surface area contributed by atoms with Gasteiger partial charge >= 0.3 is 0 Å². The van der Waals surface area contributed by atoms with E-state index in [2.05, 4.69) is 31.0 Å². The summed E-state index contributed by atoms with van der Waals surface area (Å²) in [6, 6.07) is 1.57. The largest absolute Gasteiger partial charge is 0.368 e. The van der Waals surface area contributed by atoms with Gasteiger partial charge in [0.05, 0.1) is 5.54 Å². The van der Waals surface area contributed by atoms with Crippen LogP contribution in [-0.4, -0.2) is 41.0 Å². The van der Waals surface area contributed by atoms with E-state index in [1.807, 2.05) is 0 Å². The predicted octanol–water partition coefficient (Wildman–Crippen LogP) is 1.64. The molecule has 0 bridgehead atoms. The van der Waals surface area contributed by atoms with Gasteiger partial charge in [0, 0.05) is 18.1 Å². The van der Waals surface area contributed by atoms with E-state index in [1.54, 1.807) is 0 Å². The first-order valence-electron chi connectivity index (χ1n) is 7.82. The molecule has 0 aliphatic heterocycles. The SMILES string of the molecule is CCN(C1CC1)C1CCCC(NC(C)C)(C(N)=O)C1. The first-order chi connectivity index (χ1) is 8.98. The summed E-state index contributed by atoms with van der Waals surface area (Å²) < 4.78 is 0. The maximum Gasteiger partial charge on any atom is 0.237 e. The summed E-state index contributed by atoms with van der Waals surface area (Å²) in [5, 5.41) is 3.46. The molecular weight excluding hydrogens is 238 g/mol. The number of carbonyl (C=O) groups excluding carboxylic acids is 1. The Morgan fingerprint density at radius 3 is 2.53 bits per heavy atom. The minimum Gasteiger partial charge on any atom is -0.368 e. The molecule has 3 N–H and O–H groups in total. The molecule has 2 unspecified atom stereocenters. The van der Waals surface area contributed by atoms with Crippen molar-refractivity contribution in [2.24, 2.45) is 5.73 Å². The highest BCUT2D eigenvalue weighted by molar-refractivity contribution is 5.85. The number of nitrogens with two attached hydrogens (primary N) is 1. The van der Waals surface area contributed by atoms with Gasteiger partial charge in [0.25, 0.3) is 0 Å². The topological polar surface area (TPSA) is 58.4 Å². The normalized spacial score (nSPS) is 31.9. The van der Waals surface area contributed by atoms with Gasteiger partial charge in [-0.05, 0) is 58.9 Å². The molecule has 0 spiro atoms. The first-order valence-corrected chi connectivity index (χ1v) is 7.82. The van der Waals surface area contributed by atoms with Crippen molar-refractivity contribution in [1.29, 1.82) is 0 Å². The zero-order valence-corrected chi connectivity index (χ0v) is 12.6. The van der Waals surface area contributed by atoms with Gasteiger partial charge in [0.2, 0.25) is 5.91 Å². The van der Waals surface area contributed by atoms with Crippen molar-refractivity contribution in [2.45, 2.75) is 83.0 Å². The minimum atomic E-state index is -0.487. The van der Waals surface area contributed by atoms with E-state index in [-0.39, 0.29) is 5.91 Å². The Bertz CT molecular complexity index is 327. The number of hydrogen-bond acceptors (Lipinski definition) is 3. The summed E-state index contributed by atoms with van der Waals surface area (Å²) in [4.78, 5) is 14.6. The van der Waals surface area contributed by atoms with Crippen molar-refractivity contribution in [3.8, 4) is 0 Å². The number of nitrogens with zero attached hydrogens (tertiary/aromatic N) is 1. The van der Waals surface area contributed by atoms with Gasteiger partial charge in [-0.15, -0.1) is 0 Å². The Kier molecular flexibility index (Phi) is 4.51. The molecule has 4 heteroatoms. The van der Waals surface area contributed by atoms with E-state index >= 15 is 0 Å². The van der Waals surface area contributed by atoms with E-state index < -0.39 is 5.54 Å². The van der Waals surface area contributed by atoms with Crippen LogP contribution in [0.25, 0.3) is 0 Å². The average Bonchev–Trinajstić information content (AvgIpc) is 3.14. The monoisotopic (exact) mass is 267 g/mol. The van der Waals surface area contributed by atoms with Crippen LogP contribution in [0.4, 0.5) is 0 Å². The fourth-order valence-electron chi connectivity index (χ4n) is 3.73. The minimum absolute atomic E-state index is 0.169. The number of primary amides is 1. The lowest BCUT2D eigenvalue weighted by Gasteiger charge is -2.44. The van der Waals surface area contributed by atoms with Crippen LogP contribution in [0.5, 0.6) is 0 Å². The van der Waals surface area contributed by atoms with Gasteiger partial charge in [-0.3, -0.25) is 9.69 Å². The van der Waals surface area contributed by atoms with E-state index in [0.29, 0.717) is 12.1 Å². The zero-order valence-electron chi connectivity index (χ0n) is 12.6. The maximum absolute atomic E-state index is 12.0. The highest BCUT2D eigenvalue weighted by atomic mass is 16.1. The van der Waals surface area contributed by atoms with E-state index in [9.17, 15) is 4.79 Å². The lowest BCUT2D eigenvalue weighted by molar-refractivity contribution is -0.127. The predicted molar refractivity (Wildman–Crippen MR) is 77.9 cm³/mol. The Morgan fingerprint density at radius 1 is 1.37 bits per heavy atom. The molecule has 0 aromatic heterocycles. The molecule has 0 heterocycles. The summed E-state index contributed by atoms with van der Waals surface area (Å²) >= 11 is 0. The fourth-order valence-corrected chi connectivity index (χ4v) is 3.73. The molecule has 2 fully saturated rings. The lowest BCUT2D eigenvalue weighted by atomic mass is 9.77. The molecule has 0 radical (unpaired) electrons. The maximum atomic E-state index is 12.0. The molecule has 110 valence electrons. The Hall–Kier alpha value is -0.610. The molecule has 2 saturated carbocycles. The van der Waals surface area contributed by atoms with Gasteiger partial charge in [0.1, 0.15) is 0 Å². The molecule has 4 nitrogen and oxygen atoms in total. The van der Waals surface area contributed by atoms with Gasteiger partial charge in [-0.25, -0.2) is 0 Å². The molecule has 0 aromatic rings. The van der Waals surface area contributed by atoms with Crippen molar-refractivity contribution >= 4 is 5.91 Å². The Balaban J connectivity index is 2.10. The van der Waals surface area contributed by atoms with Crippen molar-refractivity contribution in [2.75, 3.05) is 6.54 Å². The number of carbonyl (C=O) groups is 1. The van der Waals surface area contributed by atoms with Crippen molar-refractivity contribution < 1.29 is 4.79 Å². The van der Waals surface area contributed by atoms with Crippen LogP contribution < -0.4 is 11.1 Å². The van der Waals surface area contributed by atoms with Crippen LogP contribution in [0.15, 0.2) is 0 Å². The van der Waals surface area contributed by atoms with Crippen LogP contribution >= 0.6 is 0 Å². The van der Waals surface area contributed by atoms with Crippen molar-refractivity contribution in [3.63, 3.8) is 0 Å². The molecule has 0 saturated heterocycles. The van der Waals surface area contributed by atoms with Crippen LogP contribution in [-0.2, 0) is 4.79 Å². The molecule has 1 amide bonds. The number of rotatable bonds is 6. The van der Waals surface area contributed by atoms with Gasteiger partial charge in [0.15, 0.2) is 0 Å². The van der Waals surface area contributed by atoms with Gasteiger partial charge in [-0.1, -0.05) is 6.92 Å². The summed E-state index contributed by atoms with van der Waals surface area (Å²) in [5.74, 6) is -0.169. The van der Waals surface area contributed by atoms with E-state index in [4.69, 9.17) is 5.73 Å². The second-order valence-electron chi connectivity index (χ2n) is 6.56. The molecule has 19 heavy (non-hydrogen) atoms. The van der Waals surface area contributed by atoms with Gasteiger partial charge < -0.3 is 11.1 Å². The smallest absolute Gasteiger partial charge is 0.237 e. The third kappa shape index (κ3) is 3.29. The standard InChI is InChI=1S/C15H29N3O/c1-4-18(12-7-8-12)13-6-5-9-15(10-13,14(16)19)17-11(2)3/h11-13,17H,4-10H2,1-3H3,(H2,16,19). The molecule has 2 rings (SSSR count). The third-order valence-corrected chi connectivity index (χ3v) is 4.61. The summed E-state index contributed by atoms with van der Waals surface area (Å²) in [6.45, 7) is 7.50. The fraction of sp³-hybridized carbons (Fsp3) is 0.933. The van der Waals surface area contributed by atoms with Crippen LogP contribution in [0, 0.1) is 0 Å². The number of hydrogen-bond donors (Lipinski definition) is 2.